The number of H-pyrrole nitrogens is 2. The molecule has 0 unspecified atom stereocenters. The molecular formula is C24H30F2N10O9. The number of halogens is 2. The molecule has 8 atom stereocenters. The minimum Gasteiger partial charge on any atom is -0.394 e. The predicted molar refractivity (Wildman–Crippen MR) is 148 cm³/mol. The molecule has 0 radical (unpaired) electrons. The Morgan fingerprint density at radius 2 is 1.40 bits per heavy atom. The highest BCUT2D eigenvalue weighted by Gasteiger charge is 2.46. The van der Waals surface area contributed by atoms with E-state index in [1.807, 2.05) is 0 Å². The molecule has 2 fully saturated rings. The molecule has 0 saturated carbocycles. The van der Waals surface area contributed by atoms with E-state index in [-0.39, 0.29) is 46.0 Å². The lowest BCUT2D eigenvalue weighted by Gasteiger charge is -2.16. The molecule has 244 valence electrons. The first-order valence-electron chi connectivity index (χ1n) is 13.5. The van der Waals surface area contributed by atoms with E-state index in [0.717, 1.165) is 0 Å². The van der Waals surface area contributed by atoms with Crippen molar-refractivity contribution in [1.82, 2.24) is 39.0 Å². The van der Waals surface area contributed by atoms with Gasteiger partial charge in [-0.1, -0.05) is 13.8 Å². The minimum atomic E-state index is -1.80. The summed E-state index contributed by atoms with van der Waals surface area (Å²) in [7, 11) is 0. The van der Waals surface area contributed by atoms with Gasteiger partial charge < -0.3 is 35.6 Å². The van der Waals surface area contributed by atoms with Crippen molar-refractivity contribution in [3.05, 3.63) is 33.4 Å². The van der Waals surface area contributed by atoms with E-state index < -0.39 is 73.5 Å². The van der Waals surface area contributed by atoms with Crippen LogP contribution in [0.1, 0.15) is 26.3 Å². The van der Waals surface area contributed by atoms with Crippen molar-refractivity contribution in [2.75, 3.05) is 24.3 Å². The number of alkyl halides is 2. The maximum atomic E-state index is 13.9. The number of aliphatic hydroxyl groups excluding tert-OH is 4. The monoisotopic (exact) mass is 640 g/mol. The molecule has 2 aliphatic heterocycles. The van der Waals surface area contributed by atoms with Crippen molar-refractivity contribution in [1.29, 1.82) is 0 Å². The number of nitrogen functional groups attached to an aromatic ring is 1. The van der Waals surface area contributed by atoms with Gasteiger partial charge in [-0.15, -0.1) is 0 Å². The van der Waals surface area contributed by atoms with E-state index >= 15 is 0 Å². The van der Waals surface area contributed by atoms with Crippen LogP contribution >= 0.6 is 0 Å². The predicted octanol–water partition coefficient (Wildman–Crippen LogP) is -2.41. The van der Waals surface area contributed by atoms with Crippen LogP contribution in [0.4, 0.5) is 20.7 Å². The number of hydrogen-bond donors (Lipinski definition) is 8. The van der Waals surface area contributed by atoms with Crippen LogP contribution in [0.15, 0.2) is 22.2 Å². The van der Waals surface area contributed by atoms with E-state index in [4.69, 9.17) is 25.4 Å². The van der Waals surface area contributed by atoms with Crippen LogP contribution in [0, 0.1) is 5.92 Å². The Balaban J connectivity index is 0.000000182. The Morgan fingerprint density at radius 3 is 1.84 bits per heavy atom. The molecule has 21 heteroatoms. The zero-order valence-corrected chi connectivity index (χ0v) is 23.6. The molecule has 6 rings (SSSR count). The fourth-order valence-corrected chi connectivity index (χ4v) is 4.73. The van der Waals surface area contributed by atoms with E-state index in [1.165, 1.54) is 21.8 Å². The molecule has 0 aromatic carbocycles. The lowest BCUT2D eigenvalue weighted by Crippen LogP contribution is -2.29. The molecule has 2 saturated heterocycles. The SMILES string of the molecule is CC(C)C(=O)Nc1nc2c(ncn2[C@@H]2O[C@H](CO)[C@@H](F)[C@H]2O)c(=O)[nH]1.Nc1nc2c(ncn2[C@@H]2O[C@H](CO)[C@@H](F)[C@H]2O)c(=O)[nH]1. The van der Waals surface area contributed by atoms with Gasteiger partial charge in [0, 0.05) is 5.92 Å². The fraction of sp³-hybridized carbons (Fsp3) is 0.542. The van der Waals surface area contributed by atoms with Crippen molar-refractivity contribution >= 4 is 40.1 Å². The number of imidazole rings is 2. The standard InChI is InChI=1S/C14H18FN5O5.C10H12FN5O4/c1-5(2)11(23)18-14-17-10-8(12(24)19-14)16-4-20(10)13-9(22)7(15)6(3-21)25-13;11-4-3(1-17)20-9(6(4)18)16-2-13-5-7(16)14-10(12)15-8(5)19/h4-7,9,13,21-22H,3H2,1-2H3,(H2,17,18,19,23,24);2-4,6,9,17-18H,1H2,(H3,12,14,15,19)/t6-,7-,9-,13-;3-,4-,6-,9-/m11/s1. The smallest absolute Gasteiger partial charge is 0.280 e. The van der Waals surface area contributed by atoms with Gasteiger partial charge in [0.25, 0.3) is 11.1 Å². The van der Waals surface area contributed by atoms with Crippen LogP contribution in [0.2, 0.25) is 0 Å². The van der Waals surface area contributed by atoms with Crippen molar-refractivity contribution in [2.24, 2.45) is 5.92 Å². The summed E-state index contributed by atoms with van der Waals surface area (Å²) in [5.41, 5.74) is 4.31. The van der Waals surface area contributed by atoms with Gasteiger partial charge >= 0.3 is 0 Å². The number of fused-ring (bicyclic) bond motifs is 2. The number of hydrogen-bond acceptors (Lipinski definition) is 14. The normalized spacial score (nSPS) is 28.1. The van der Waals surface area contributed by atoms with Crippen LogP contribution in [0.25, 0.3) is 22.3 Å². The largest absolute Gasteiger partial charge is 0.394 e. The zero-order valence-electron chi connectivity index (χ0n) is 23.6. The maximum Gasteiger partial charge on any atom is 0.280 e. The molecule has 2 aliphatic rings. The average molecular weight is 641 g/mol. The average Bonchev–Trinajstić information content (AvgIpc) is 3.75. The highest BCUT2D eigenvalue weighted by atomic mass is 19.1. The van der Waals surface area contributed by atoms with Gasteiger partial charge in [-0.2, -0.15) is 9.97 Å². The number of aromatic amines is 2. The molecule has 0 bridgehead atoms. The Bertz CT molecular complexity index is 1810. The summed E-state index contributed by atoms with van der Waals surface area (Å²) in [6.45, 7) is 2.17. The number of anilines is 2. The number of carbonyl (C=O) groups is 1. The van der Waals surface area contributed by atoms with Gasteiger partial charge in [-0.3, -0.25) is 38.8 Å². The summed E-state index contributed by atoms with van der Waals surface area (Å²) in [6, 6.07) is 0. The summed E-state index contributed by atoms with van der Waals surface area (Å²) >= 11 is 0. The molecule has 45 heavy (non-hydrogen) atoms. The van der Waals surface area contributed by atoms with E-state index in [0.29, 0.717) is 0 Å². The number of nitrogens with one attached hydrogen (secondary N) is 3. The van der Waals surface area contributed by atoms with Gasteiger partial charge in [0.15, 0.2) is 47.1 Å². The third kappa shape index (κ3) is 5.87. The fourth-order valence-electron chi connectivity index (χ4n) is 4.73. The Morgan fingerprint density at radius 1 is 0.933 bits per heavy atom. The molecule has 4 aromatic heterocycles. The van der Waals surface area contributed by atoms with Gasteiger partial charge in [0.05, 0.1) is 25.9 Å². The second kappa shape index (κ2) is 12.5. The van der Waals surface area contributed by atoms with E-state index in [9.17, 15) is 33.4 Å². The highest BCUT2D eigenvalue weighted by molar-refractivity contribution is 5.91. The number of nitrogens with zero attached hydrogens (tertiary/aromatic N) is 6. The van der Waals surface area contributed by atoms with Crippen LogP contribution in [0.3, 0.4) is 0 Å². The molecular weight excluding hydrogens is 610 g/mol. The minimum absolute atomic E-state index is 0.00198. The van der Waals surface area contributed by atoms with Gasteiger partial charge in [0.2, 0.25) is 17.8 Å². The maximum absolute atomic E-state index is 13.9. The van der Waals surface area contributed by atoms with Crippen LogP contribution < -0.4 is 22.2 Å². The number of ether oxygens (including phenoxy) is 2. The van der Waals surface area contributed by atoms with E-state index in [1.54, 1.807) is 13.8 Å². The molecule has 9 N–H and O–H groups in total. The third-order valence-corrected chi connectivity index (χ3v) is 7.13. The Labute approximate surface area is 249 Å². The van der Waals surface area contributed by atoms with Gasteiger partial charge in [-0.25, -0.2) is 18.7 Å². The van der Waals surface area contributed by atoms with Crippen molar-refractivity contribution in [3.63, 3.8) is 0 Å². The number of nitrogens with two attached hydrogens (primary N) is 1. The Kier molecular flexibility index (Phi) is 8.91. The topological polar surface area (TPSA) is 282 Å². The first-order chi connectivity index (χ1) is 21.4. The van der Waals surface area contributed by atoms with E-state index in [2.05, 4.69) is 35.2 Å². The summed E-state index contributed by atoms with van der Waals surface area (Å²) in [4.78, 5) is 55.9. The highest BCUT2D eigenvalue weighted by Crippen LogP contribution is 2.33. The number of aromatic nitrogens is 8. The quantitative estimate of drug-likeness (QED) is 0.109. The van der Waals surface area contributed by atoms with Crippen molar-refractivity contribution in [2.45, 2.75) is 63.1 Å². The van der Waals surface area contributed by atoms with Crippen LogP contribution in [0.5, 0.6) is 0 Å². The number of amides is 1. The molecule has 0 spiro atoms. The third-order valence-electron chi connectivity index (χ3n) is 7.13. The number of aliphatic hydroxyl groups is 4. The molecule has 4 aromatic rings. The summed E-state index contributed by atoms with van der Waals surface area (Å²) in [6.07, 6.45) is -8.92. The molecule has 1 amide bonds. The van der Waals surface area contributed by atoms with Crippen LogP contribution in [-0.4, -0.2) is 115 Å². The molecule has 0 aliphatic carbocycles. The lowest BCUT2D eigenvalue weighted by molar-refractivity contribution is -0.118. The van der Waals surface area contributed by atoms with Gasteiger partial charge in [0.1, 0.15) is 24.4 Å². The summed E-state index contributed by atoms with van der Waals surface area (Å²) in [5, 5.41) is 40.4. The van der Waals surface area contributed by atoms with Gasteiger partial charge in [-0.05, 0) is 0 Å². The summed E-state index contributed by atoms with van der Waals surface area (Å²) in [5.74, 6) is -0.911. The molecule has 6 heterocycles. The zero-order chi connectivity index (χ0) is 32.7. The second-order valence-electron chi connectivity index (χ2n) is 10.5. The first-order valence-corrected chi connectivity index (χ1v) is 13.5. The van der Waals surface area contributed by atoms with Crippen molar-refractivity contribution in [3.8, 4) is 0 Å². The number of carbonyl (C=O) groups excluding carboxylic acids is 1. The first kappa shape index (κ1) is 32.0. The Hall–Kier alpha value is -4.41. The summed E-state index contributed by atoms with van der Waals surface area (Å²) < 4.78 is 40.6. The molecule has 19 nitrogen and oxygen atoms in total. The van der Waals surface area contributed by atoms with Crippen LogP contribution in [-0.2, 0) is 14.3 Å². The number of rotatable bonds is 6. The van der Waals surface area contributed by atoms with Crippen molar-refractivity contribution < 1.29 is 43.5 Å². The second-order valence-corrected chi connectivity index (χ2v) is 10.5. The lowest BCUT2D eigenvalue weighted by atomic mass is 10.1.